The van der Waals surface area contributed by atoms with Gasteiger partial charge in [0.05, 0.1) is 17.7 Å². The molecule has 1 aliphatic rings. The second-order valence-corrected chi connectivity index (χ2v) is 9.46. The summed E-state index contributed by atoms with van der Waals surface area (Å²) in [6.07, 6.45) is 3.13. The van der Waals surface area contributed by atoms with Gasteiger partial charge in [0.25, 0.3) is 5.56 Å². The van der Waals surface area contributed by atoms with E-state index in [4.69, 9.17) is 9.72 Å². The van der Waals surface area contributed by atoms with E-state index in [1.165, 1.54) is 22.2 Å². The molecule has 3 aromatic rings. The number of aryl methyl sites for hydroxylation is 3. The lowest BCUT2D eigenvalue weighted by atomic mass is 10.2. The molecule has 0 saturated carbocycles. The van der Waals surface area contributed by atoms with Crippen LogP contribution in [0.4, 0.5) is 0 Å². The molecule has 3 heterocycles. The molecule has 6 nitrogen and oxygen atoms in total. The van der Waals surface area contributed by atoms with Gasteiger partial charge in [-0.3, -0.25) is 14.2 Å². The number of thioether (sulfide) groups is 1. The van der Waals surface area contributed by atoms with Crippen LogP contribution in [0.2, 0.25) is 0 Å². The van der Waals surface area contributed by atoms with Crippen LogP contribution < -0.4 is 5.56 Å². The van der Waals surface area contributed by atoms with E-state index in [9.17, 15) is 9.59 Å². The fraction of sp³-hybridized carbons (Fsp3) is 0.476. The van der Waals surface area contributed by atoms with Crippen LogP contribution in [-0.2, 0) is 31.2 Å². The molecule has 0 spiro atoms. The highest BCUT2D eigenvalue weighted by Gasteiger charge is 2.23. The van der Waals surface area contributed by atoms with Crippen molar-refractivity contribution < 1.29 is 9.53 Å². The second kappa shape index (κ2) is 8.08. The Morgan fingerprint density at radius 2 is 2.14 bits per heavy atom. The van der Waals surface area contributed by atoms with Crippen LogP contribution in [0.1, 0.15) is 38.6 Å². The maximum absolute atomic E-state index is 12.9. The highest BCUT2D eigenvalue weighted by molar-refractivity contribution is 7.99. The van der Waals surface area contributed by atoms with Crippen LogP contribution in [0, 0.1) is 13.8 Å². The standard InChI is InChI=1S/C21H25N3O3S2/c1-12-10-15(13(2)24(12)8-9-27-4)16(25)11-28-21-22-19-18(20(26)23(21)3)14-6-5-7-17(14)29-19/h10H,5-9,11H2,1-4H3. The average Bonchev–Trinajstić information content (AvgIpc) is 3.35. The summed E-state index contributed by atoms with van der Waals surface area (Å²) >= 11 is 2.97. The van der Waals surface area contributed by atoms with E-state index in [1.54, 1.807) is 30.1 Å². The number of ketones is 1. The van der Waals surface area contributed by atoms with Crippen molar-refractivity contribution in [3.05, 3.63) is 43.8 Å². The number of Topliss-reactive ketones (excluding diaryl/α,β-unsaturated/α-hetero) is 1. The van der Waals surface area contributed by atoms with Gasteiger partial charge in [-0.05, 0) is 44.7 Å². The molecule has 0 radical (unpaired) electrons. The third-order valence-electron chi connectivity index (χ3n) is 5.63. The zero-order valence-electron chi connectivity index (χ0n) is 17.2. The predicted molar refractivity (Wildman–Crippen MR) is 118 cm³/mol. The van der Waals surface area contributed by atoms with Gasteiger partial charge in [0.2, 0.25) is 0 Å². The van der Waals surface area contributed by atoms with Crippen LogP contribution in [0.15, 0.2) is 16.0 Å². The molecule has 154 valence electrons. The minimum atomic E-state index is 0.00194. The molecule has 0 fully saturated rings. The summed E-state index contributed by atoms with van der Waals surface area (Å²) in [5.74, 6) is 0.306. The van der Waals surface area contributed by atoms with E-state index in [1.807, 2.05) is 19.9 Å². The van der Waals surface area contributed by atoms with Gasteiger partial charge in [0.15, 0.2) is 10.9 Å². The Morgan fingerprint density at radius 3 is 2.90 bits per heavy atom. The van der Waals surface area contributed by atoms with Gasteiger partial charge >= 0.3 is 0 Å². The highest BCUT2D eigenvalue weighted by Crippen LogP contribution is 2.35. The van der Waals surface area contributed by atoms with Gasteiger partial charge in [0, 0.05) is 42.5 Å². The van der Waals surface area contributed by atoms with Gasteiger partial charge in [-0.15, -0.1) is 11.3 Å². The van der Waals surface area contributed by atoms with Gasteiger partial charge in [-0.2, -0.15) is 0 Å². The van der Waals surface area contributed by atoms with E-state index in [0.29, 0.717) is 11.8 Å². The van der Waals surface area contributed by atoms with Gasteiger partial charge in [-0.25, -0.2) is 4.98 Å². The molecule has 8 heteroatoms. The number of fused-ring (bicyclic) bond motifs is 3. The van der Waals surface area contributed by atoms with Crippen LogP contribution in [0.25, 0.3) is 10.2 Å². The first-order valence-corrected chi connectivity index (χ1v) is 11.6. The van der Waals surface area contributed by atoms with Crippen molar-refractivity contribution in [2.45, 2.75) is 44.8 Å². The van der Waals surface area contributed by atoms with Crippen molar-refractivity contribution in [1.29, 1.82) is 0 Å². The summed E-state index contributed by atoms with van der Waals surface area (Å²) in [6.45, 7) is 5.30. The molecular weight excluding hydrogens is 406 g/mol. The molecular formula is C21H25N3O3S2. The minimum absolute atomic E-state index is 0.00194. The monoisotopic (exact) mass is 431 g/mol. The van der Waals surface area contributed by atoms with Crippen molar-refractivity contribution in [2.24, 2.45) is 7.05 Å². The Labute approximate surface area is 177 Å². The van der Waals surface area contributed by atoms with E-state index >= 15 is 0 Å². The number of nitrogens with zero attached hydrogens (tertiary/aromatic N) is 3. The lowest BCUT2D eigenvalue weighted by molar-refractivity contribution is 0.102. The molecule has 3 aromatic heterocycles. The number of aromatic nitrogens is 3. The maximum Gasteiger partial charge on any atom is 0.262 e. The number of ether oxygens (including phenoxy) is 1. The molecule has 0 saturated heterocycles. The largest absolute Gasteiger partial charge is 0.383 e. The van der Waals surface area contributed by atoms with Crippen LogP contribution in [0.5, 0.6) is 0 Å². The van der Waals surface area contributed by atoms with Gasteiger partial charge in [0.1, 0.15) is 4.83 Å². The number of carbonyl (C=O) groups excluding carboxylic acids is 1. The number of carbonyl (C=O) groups is 1. The van der Waals surface area contributed by atoms with Gasteiger partial charge in [-0.1, -0.05) is 11.8 Å². The zero-order chi connectivity index (χ0) is 20.7. The van der Waals surface area contributed by atoms with Crippen molar-refractivity contribution in [2.75, 3.05) is 19.5 Å². The molecule has 1 aliphatic carbocycles. The first-order chi connectivity index (χ1) is 13.9. The minimum Gasteiger partial charge on any atom is -0.383 e. The quantitative estimate of drug-likeness (QED) is 0.325. The van der Waals surface area contributed by atoms with E-state index in [2.05, 4.69) is 4.57 Å². The third-order valence-corrected chi connectivity index (χ3v) is 7.85. The molecule has 0 bridgehead atoms. The summed E-state index contributed by atoms with van der Waals surface area (Å²) in [7, 11) is 3.42. The van der Waals surface area contributed by atoms with Crippen molar-refractivity contribution >= 4 is 39.1 Å². The SMILES string of the molecule is COCCn1c(C)cc(C(=O)CSc2nc3sc4c(c3c(=O)n2C)CCC4)c1C. The molecule has 0 N–H and O–H groups in total. The number of methoxy groups -OCH3 is 1. The lowest BCUT2D eigenvalue weighted by Gasteiger charge is -2.09. The molecule has 4 rings (SSSR count). The van der Waals surface area contributed by atoms with Crippen LogP contribution in [0.3, 0.4) is 0 Å². The summed E-state index contributed by atoms with van der Waals surface area (Å²) in [4.78, 5) is 32.6. The molecule has 0 unspecified atom stereocenters. The summed E-state index contributed by atoms with van der Waals surface area (Å²) in [5, 5.41) is 1.38. The second-order valence-electron chi connectivity index (χ2n) is 7.44. The zero-order valence-corrected chi connectivity index (χ0v) is 18.8. The van der Waals surface area contributed by atoms with Crippen LogP contribution >= 0.6 is 23.1 Å². The highest BCUT2D eigenvalue weighted by atomic mass is 32.2. The van der Waals surface area contributed by atoms with Crippen LogP contribution in [-0.4, -0.2) is 39.4 Å². The number of rotatable bonds is 7. The molecule has 29 heavy (non-hydrogen) atoms. The van der Waals surface area contributed by atoms with E-state index in [0.717, 1.165) is 53.0 Å². The predicted octanol–water partition coefficient (Wildman–Crippen LogP) is 3.52. The Balaban J connectivity index is 1.57. The normalized spacial score (nSPS) is 13.4. The van der Waals surface area contributed by atoms with Crippen molar-refractivity contribution in [3.8, 4) is 0 Å². The molecule has 0 atom stereocenters. The summed E-state index contributed by atoms with van der Waals surface area (Å²) in [6, 6.07) is 1.94. The molecule has 0 amide bonds. The number of hydrogen-bond donors (Lipinski definition) is 0. The number of thiophene rings is 1. The Hall–Kier alpha value is -1.90. The molecule has 0 aliphatic heterocycles. The Morgan fingerprint density at radius 1 is 1.34 bits per heavy atom. The first kappa shape index (κ1) is 20.4. The van der Waals surface area contributed by atoms with Gasteiger partial charge < -0.3 is 9.30 Å². The Bertz CT molecular complexity index is 1160. The first-order valence-electron chi connectivity index (χ1n) is 9.75. The van der Waals surface area contributed by atoms with Crippen molar-refractivity contribution in [3.63, 3.8) is 0 Å². The molecule has 0 aromatic carbocycles. The summed E-state index contributed by atoms with van der Waals surface area (Å²) < 4.78 is 8.86. The lowest BCUT2D eigenvalue weighted by Crippen LogP contribution is -2.20. The maximum atomic E-state index is 12.9. The fourth-order valence-electron chi connectivity index (χ4n) is 4.05. The number of hydrogen-bond acceptors (Lipinski definition) is 6. The smallest absolute Gasteiger partial charge is 0.262 e. The summed E-state index contributed by atoms with van der Waals surface area (Å²) in [5.41, 5.74) is 3.92. The third kappa shape index (κ3) is 3.58. The van der Waals surface area contributed by atoms with Crippen molar-refractivity contribution in [1.82, 2.24) is 14.1 Å². The topological polar surface area (TPSA) is 66.1 Å². The average molecular weight is 432 g/mol. The van der Waals surface area contributed by atoms with E-state index < -0.39 is 0 Å². The fourth-order valence-corrected chi connectivity index (χ4v) is 6.21. The van der Waals surface area contributed by atoms with E-state index in [-0.39, 0.29) is 17.1 Å². The Kier molecular flexibility index (Phi) is 5.68.